The van der Waals surface area contributed by atoms with Crippen molar-refractivity contribution in [2.45, 2.75) is 19.1 Å². The maximum atomic E-state index is 12.6. The number of halogens is 1. The lowest BCUT2D eigenvalue weighted by atomic mass is 10.1. The minimum Gasteiger partial charge on any atom is -0.387 e. The first-order valence-corrected chi connectivity index (χ1v) is 9.64. The molecule has 3 N–H and O–H groups in total. The molecule has 0 aliphatic carbocycles. The molecular weight excluding hydrogens is 426 g/mol. The molecule has 1 aliphatic rings. The molecule has 8 heteroatoms. The Bertz CT molecular complexity index is 904. The van der Waals surface area contributed by atoms with Crippen LogP contribution in [0.3, 0.4) is 0 Å². The number of hydrogen-bond donors (Lipinski definition) is 3. The van der Waals surface area contributed by atoms with Crippen molar-refractivity contribution in [1.29, 1.82) is 0 Å². The van der Waals surface area contributed by atoms with E-state index in [4.69, 9.17) is 0 Å². The standard InChI is InChI=1S/C20H20BrN3O4/c1-2-24-15-9-8-13(21)10-14(15)17(20(24)28)23-19(27)18(26)22-11-16(25)12-6-4-3-5-7-12/h3-10,16-17,25H,2,11H2,1H3,(H,22,26)(H,23,27)/t16-,17-/m1/s1. The van der Waals surface area contributed by atoms with E-state index in [-0.39, 0.29) is 12.5 Å². The average molecular weight is 446 g/mol. The van der Waals surface area contributed by atoms with Crippen LogP contribution < -0.4 is 15.5 Å². The van der Waals surface area contributed by atoms with Crippen molar-refractivity contribution in [2.24, 2.45) is 0 Å². The smallest absolute Gasteiger partial charge is 0.310 e. The van der Waals surface area contributed by atoms with Crippen LogP contribution in [0.25, 0.3) is 0 Å². The summed E-state index contributed by atoms with van der Waals surface area (Å²) in [7, 11) is 0. The minimum atomic E-state index is -0.932. The van der Waals surface area contributed by atoms with E-state index in [1.54, 1.807) is 41.3 Å². The highest BCUT2D eigenvalue weighted by Gasteiger charge is 2.38. The normalized spacial score (nSPS) is 16.5. The number of anilines is 1. The summed E-state index contributed by atoms with van der Waals surface area (Å²) in [5.74, 6) is -2.13. The van der Waals surface area contributed by atoms with Gasteiger partial charge in [-0.05, 0) is 30.7 Å². The van der Waals surface area contributed by atoms with E-state index in [1.165, 1.54) is 0 Å². The van der Waals surface area contributed by atoms with E-state index in [0.717, 1.165) is 4.47 Å². The van der Waals surface area contributed by atoms with Crippen LogP contribution in [0.5, 0.6) is 0 Å². The maximum Gasteiger partial charge on any atom is 0.310 e. The second-order valence-electron chi connectivity index (χ2n) is 6.33. The molecule has 3 rings (SSSR count). The lowest BCUT2D eigenvalue weighted by Gasteiger charge is -2.16. The van der Waals surface area contributed by atoms with Crippen molar-refractivity contribution >= 4 is 39.3 Å². The van der Waals surface area contributed by atoms with Crippen LogP contribution in [-0.4, -0.2) is 35.9 Å². The molecule has 7 nitrogen and oxygen atoms in total. The number of carbonyl (C=O) groups excluding carboxylic acids is 3. The Labute approximate surface area is 170 Å². The lowest BCUT2D eigenvalue weighted by Crippen LogP contribution is -2.45. The van der Waals surface area contributed by atoms with Crippen LogP contribution in [0.4, 0.5) is 5.69 Å². The summed E-state index contributed by atoms with van der Waals surface area (Å²) in [5.41, 5.74) is 1.97. The fourth-order valence-corrected chi connectivity index (χ4v) is 3.51. The number of likely N-dealkylation sites (N-methyl/N-ethyl adjacent to an activating group) is 1. The molecule has 0 saturated carbocycles. The molecule has 0 bridgehead atoms. The van der Waals surface area contributed by atoms with Crippen LogP contribution in [0.1, 0.15) is 30.2 Å². The predicted molar refractivity (Wildman–Crippen MR) is 107 cm³/mol. The van der Waals surface area contributed by atoms with Crippen LogP contribution >= 0.6 is 15.9 Å². The van der Waals surface area contributed by atoms with Crippen molar-refractivity contribution in [3.8, 4) is 0 Å². The van der Waals surface area contributed by atoms with Crippen molar-refractivity contribution in [3.63, 3.8) is 0 Å². The van der Waals surface area contributed by atoms with Gasteiger partial charge in [0.1, 0.15) is 6.04 Å². The first-order chi connectivity index (χ1) is 13.4. The van der Waals surface area contributed by atoms with Crippen molar-refractivity contribution in [2.75, 3.05) is 18.0 Å². The number of aliphatic hydroxyl groups excluding tert-OH is 1. The van der Waals surface area contributed by atoms with E-state index in [2.05, 4.69) is 26.6 Å². The van der Waals surface area contributed by atoms with Crippen molar-refractivity contribution in [3.05, 3.63) is 64.1 Å². The summed E-state index contributed by atoms with van der Waals surface area (Å²) in [6.45, 7) is 2.18. The third-order valence-electron chi connectivity index (χ3n) is 4.54. The molecule has 1 heterocycles. The third kappa shape index (κ3) is 4.07. The summed E-state index contributed by atoms with van der Waals surface area (Å²) < 4.78 is 0.770. The summed E-state index contributed by atoms with van der Waals surface area (Å²) in [6, 6.07) is 13.2. The molecule has 1 aliphatic heterocycles. The van der Waals surface area contributed by atoms with Crippen molar-refractivity contribution < 1.29 is 19.5 Å². The number of hydrogen-bond acceptors (Lipinski definition) is 4. The monoisotopic (exact) mass is 445 g/mol. The van der Waals surface area contributed by atoms with Gasteiger partial charge in [-0.2, -0.15) is 0 Å². The topological polar surface area (TPSA) is 98.7 Å². The minimum absolute atomic E-state index is 0.113. The summed E-state index contributed by atoms with van der Waals surface area (Å²) in [5, 5.41) is 15.0. The Balaban J connectivity index is 1.65. The molecule has 0 unspecified atom stereocenters. The fraction of sp³-hybridized carbons (Fsp3) is 0.250. The van der Waals surface area contributed by atoms with Gasteiger partial charge in [0.25, 0.3) is 5.91 Å². The molecule has 2 aromatic rings. The summed E-state index contributed by atoms with van der Waals surface area (Å²) >= 11 is 3.36. The molecule has 3 amide bonds. The van der Waals surface area contributed by atoms with Crippen LogP contribution in [-0.2, 0) is 14.4 Å². The van der Waals surface area contributed by atoms with Crippen LogP contribution in [0, 0.1) is 0 Å². The van der Waals surface area contributed by atoms with Gasteiger partial charge in [-0.15, -0.1) is 0 Å². The first-order valence-electron chi connectivity index (χ1n) is 8.85. The summed E-state index contributed by atoms with van der Waals surface area (Å²) in [4.78, 5) is 38.6. The number of amides is 3. The second kappa shape index (κ2) is 8.53. The van der Waals surface area contributed by atoms with E-state index in [1.807, 2.05) is 19.1 Å². The van der Waals surface area contributed by atoms with Gasteiger partial charge in [-0.1, -0.05) is 46.3 Å². The van der Waals surface area contributed by atoms with Gasteiger partial charge in [0.15, 0.2) is 0 Å². The van der Waals surface area contributed by atoms with Gasteiger partial charge >= 0.3 is 11.8 Å². The molecule has 28 heavy (non-hydrogen) atoms. The summed E-state index contributed by atoms with van der Waals surface area (Å²) in [6.07, 6.45) is -0.932. The largest absolute Gasteiger partial charge is 0.387 e. The zero-order chi connectivity index (χ0) is 20.3. The number of carbonyl (C=O) groups is 3. The van der Waals surface area contributed by atoms with Gasteiger partial charge in [0, 0.05) is 28.8 Å². The Morgan fingerprint density at radius 3 is 2.57 bits per heavy atom. The van der Waals surface area contributed by atoms with E-state index in [9.17, 15) is 19.5 Å². The molecule has 2 atom stereocenters. The second-order valence-corrected chi connectivity index (χ2v) is 7.24. The van der Waals surface area contributed by atoms with Crippen molar-refractivity contribution in [1.82, 2.24) is 10.6 Å². The van der Waals surface area contributed by atoms with Gasteiger partial charge < -0.3 is 20.6 Å². The Hall–Kier alpha value is -2.71. The number of benzene rings is 2. The number of nitrogens with zero attached hydrogens (tertiary/aromatic N) is 1. The highest BCUT2D eigenvalue weighted by molar-refractivity contribution is 9.10. The van der Waals surface area contributed by atoms with Gasteiger partial charge in [-0.25, -0.2) is 0 Å². The molecule has 2 aromatic carbocycles. The zero-order valence-electron chi connectivity index (χ0n) is 15.2. The van der Waals surface area contributed by atoms with Gasteiger partial charge in [-0.3, -0.25) is 14.4 Å². The molecule has 146 valence electrons. The van der Waals surface area contributed by atoms with E-state index in [0.29, 0.717) is 23.4 Å². The number of aliphatic hydroxyl groups is 1. The van der Waals surface area contributed by atoms with Gasteiger partial charge in [0.2, 0.25) is 0 Å². The SMILES string of the molecule is CCN1C(=O)[C@H](NC(=O)C(=O)NC[C@@H](O)c2ccccc2)c2cc(Br)ccc21. The van der Waals surface area contributed by atoms with E-state index < -0.39 is 24.0 Å². The molecule has 0 saturated heterocycles. The molecule has 0 radical (unpaired) electrons. The number of fused-ring (bicyclic) bond motifs is 1. The third-order valence-corrected chi connectivity index (χ3v) is 5.04. The molecule has 0 aromatic heterocycles. The van der Waals surface area contributed by atoms with Crippen LogP contribution in [0.15, 0.2) is 53.0 Å². The highest BCUT2D eigenvalue weighted by atomic mass is 79.9. The average Bonchev–Trinajstić information content (AvgIpc) is 2.96. The zero-order valence-corrected chi connectivity index (χ0v) is 16.8. The number of nitrogens with one attached hydrogen (secondary N) is 2. The Morgan fingerprint density at radius 1 is 1.18 bits per heavy atom. The fourth-order valence-electron chi connectivity index (χ4n) is 3.13. The first kappa shape index (κ1) is 20.0. The van der Waals surface area contributed by atoms with E-state index >= 15 is 0 Å². The van der Waals surface area contributed by atoms with Gasteiger partial charge in [0.05, 0.1) is 6.10 Å². The lowest BCUT2D eigenvalue weighted by molar-refractivity contribution is -0.140. The predicted octanol–water partition coefficient (Wildman–Crippen LogP) is 1.82. The Morgan fingerprint density at radius 2 is 1.89 bits per heavy atom. The maximum absolute atomic E-state index is 12.6. The van der Waals surface area contributed by atoms with Crippen LogP contribution in [0.2, 0.25) is 0 Å². The highest BCUT2D eigenvalue weighted by Crippen LogP contribution is 2.37. The molecular formula is C20H20BrN3O4. The Kier molecular flexibility index (Phi) is 6.11. The number of rotatable bonds is 5. The molecule has 0 spiro atoms. The molecule has 0 fully saturated rings. The quantitative estimate of drug-likeness (QED) is 0.611.